The zero-order valence-corrected chi connectivity index (χ0v) is 18.5. The molecule has 0 saturated carbocycles. The maximum absolute atomic E-state index is 12.9. The van der Waals surface area contributed by atoms with E-state index in [1.54, 1.807) is 26.8 Å². The Hall–Kier alpha value is -2.87. The molecule has 0 spiro atoms. The number of ether oxygens (including phenoxy) is 1. The van der Waals surface area contributed by atoms with E-state index < -0.39 is 0 Å². The Balaban J connectivity index is 1.34. The van der Waals surface area contributed by atoms with Crippen LogP contribution in [0.1, 0.15) is 24.2 Å². The highest BCUT2D eigenvalue weighted by atomic mass is 35.5. The average Bonchev–Trinajstić information content (AvgIpc) is 3.08. The Morgan fingerprint density at radius 1 is 1.13 bits per heavy atom. The van der Waals surface area contributed by atoms with Crippen LogP contribution in [0.15, 0.2) is 30.3 Å². The molecule has 2 aliphatic rings. The molecule has 9 heteroatoms. The summed E-state index contributed by atoms with van der Waals surface area (Å²) in [7, 11) is 0. The van der Waals surface area contributed by atoms with E-state index >= 15 is 0 Å². The maximum atomic E-state index is 12.9. The van der Waals surface area contributed by atoms with Crippen LogP contribution in [0.4, 0.5) is 10.5 Å². The number of aryl methyl sites for hydroxylation is 2. The van der Waals surface area contributed by atoms with Crippen molar-refractivity contribution in [2.24, 2.45) is 0 Å². The third-order valence-electron chi connectivity index (χ3n) is 5.52. The molecule has 1 atom stereocenters. The summed E-state index contributed by atoms with van der Waals surface area (Å²) in [5.41, 5.74) is 2.48. The third-order valence-corrected chi connectivity index (χ3v) is 5.78. The standard InChI is InChI=1S/C22H26ClN5O3/c1-15-12-16(2)25-21(24-15)31-19-4-3-9-26(13-19)20(29)14-27-10-11-28(22(27)30)18-7-5-17(23)6-8-18/h5-8,12,19H,3-4,9-11,13-14H2,1-2H3. The first-order valence-corrected chi connectivity index (χ1v) is 10.9. The Labute approximate surface area is 186 Å². The number of carbonyl (C=O) groups excluding carboxylic acids is 2. The van der Waals surface area contributed by atoms with Gasteiger partial charge in [-0.1, -0.05) is 11.6 Å². The Morgan fingerprint density at radius 2 is 1.84 bits per heavy atom. The topological polar surface area (TPSA) is 78.9 Å². The number of aromatic nitrogens is 2. The minimum absolute atomic E-state index is 0.0652. The van der Waals surface area contributed by atoms with Gasteiger partial charge in [-0.3, -0.25) is 9.69 Å². The normalized spacial score (nSPS) is 19.1. The first-order chi connectivity index (χ1) is 14.9. The Morgan fingerprint density at radius 3 is 2.55 bits per heavy atom. The van der Waals surface area contributed by atoms with Gasteiger partial charge in [-0.25, -0.2) is 14.8 Å². The van der Waals surface area contributed by atoms with Gasteiger partial charge in [-0.2, -0.15) is 0 Å². The van der Waals surface area contributed by atoms with Crippen LogP contribution in [0.3, 0.4) is 0 Å². The van der Waals surface area contributed by atoms with Crippen molar-refractivity contribution in [1.82, 2.24) is 19.8 Å². The van der Waals surface area contributed by atoms with Crippen LogP contribution >= 0.6 is 11.6 Å². The predicted molar refractivity (Wildman–Crippen MR) is 118 cm³/mol. The molecule has 3 heterocycles. The molecule has 3 amide bonds. The highest BCUT2D eigenvalue weighted by Gasteiger charge is 2.33. The van der Waals surface area contributed by atoms with Crippen molar-refractivity contribution in [3.8, 4) is 6.01 Å². The second-order valence-corrected chi connectivity index (χ2v) is 8.42. The average molecular weight is 444 g/mol. The summed E-state index contributed by atoms with van der Waals surface area (Å²) in [6, 6.07) is 9.22. The number of anilines is 1. The van der Waals surface area contributed by atoms with Crippen LogP contribution in [0.2, 0.25) is 5.02 Å². The molecule has 31 heavy (non-hydrogen) atoms. The first kappa shape index (κ1) is 21.4. The smallest absolute Gasteiger partial charge is 0.325 e. The molecule has 2 fully saturated rings. The number of hydrogen-bond acceptors (Lipinski definition) is 5. The van der Waals surface area contributed by atoms with Crippen molar-refractivity contribution in [1.29, 1.82) is 0 Å². The fourth-order valence-corrected chi connectivity index (χ4v) is 4.14. The molecule has 0 N–H and O–H groups in total. The summed E-state index contributed by atoms with van der Waals surface area (Å²) in [5, 5.41) is 0.621. The van der Waals surface area contributed by atoms with Gasteiger partial charge in [0, 0.05) is 41.7 Å². The third kappa shape index (κ3) is 5.07. The molecule has 4 rings (SSSR count). The van der Waals surface area contributed by atoms with Crippen molar-refractivity contribution in [3.63, 3.8) is 0 Å². The van der Waals surface area contributed by atoms with Gasteiger partial charge < -0.3 is 14.5 Å². The highest BCUT2D eigenvalue weighted by Crippen LogP contribution is 2.23. The fraction of sp³-hybridized carbons (Fsp3) is 0.455. The van der Waals surface area contributed by atoms with E-state index in [4.69, 9.17) is 16.3 Å². The zero-order valence-electron chi connectivity index (χ0n) is 17.8. The molecule has 2 aliphatic heterocycles. The van der Waals surface area contributed by atoms with Crippen LogP contribution in [0.5, 0.6) is 6.01 Å². The summed E-state index contributed by atoms with van der Waals surface area (Å²) in [6.45, 7) is 6.06. The van der Waals surface area contributed by atoms with E-state index in [0.29, 0.717) is 37.2 Å². The lowest BCUT2D eigenvalue weighted by atomic mass is 10.1. The number of urea groups is 1. The summed E-state index contributed by atoms with van der Waals surface area (Å²) in [5.74, 6) is -0.0686. The second kappa shape index (κ2) is 9.09. The van der Waals surface area contributed by atoms with Crippen molar-refractivity contribution < 1.29 is 14.3 Å². The molecule has 1 aromatic carbocycles. The lowest BCUT2D eigenvalue weighted by molar-refractivity contribution is -0.134. The van der Waals surface area contributed by atoms with E-state index in [2.05, 4.69) is 9.97 Å². The number of hydrogen-bond donors (Lipinski definition) is 0. The van der Waals surface area contributed by atoms with Gasteiger partial charge in [-0.15, -0.1) is 0 Å². The van der Waals surface area contributed by atoms with Crippen molar-refractivity contribution in [3.05, 3.63) is 46.7 Å². The van der Waals surface area contributed by atoms with Crippen LogP contribution in [-0.2, 0) is 4.79 Å². The van der Waals surface area contributed by atoms with Crippen molar-refractivity contribution in [2.45, 2.75) is 32.8 Å². The van der Waals surface area contributed by atoms with Crippen molar-refractivity contribution in [2.75, 3.05) is 37.6 Å². The zero-order chi connectivity index (χ0) is 22.0. The number of carbonyl (C=O) groups is 2. The fourth-order valence-electron chi connectivity index (χ4n) is 4.01. The van der Waals surface area contributed by atoms with E-state index in [9.17, 15) is 9.59 Å². The van der Waals surface area contributed by atoms with Gasteiger partial charge in [-0.05, 0) is 57.0 Å². The van der Waals surface area contributed by atoms with Crippen LogP contribution in [0.25, 0.3) is 0 Å². The number of amides is 3. The molecule has 1 aromatic heterocycles. The van der Waals surface area contributed by atoms with Crippen LogP contribution in [0, 0.1) is 13.8 Å². The molecule has 2 saturated heterocycles. The molecule has 0 radical (unpaired) electrons. The van der Waals surface area contributed by atoms with Gasteiger partial charge >= 0.3 is 12.0 Å². The summed E-state index contributed by atoms with van der Waals surface area (Å²) in [4.78, 5) is 39.4. The number of nitrogens with zero attached hydrogens (tertiary/aromatic N) is 5. The van der Waals surface area contributed by atoms with E-state index in [-0.39, 0.29) is 24.6 Å². The summed E-state index contributed by atoms with van der Waals surface area (Å²) in [6.07, 6.45) is 1.53. The van der Waals surface area contributed by atoms with Gasteiger partial charge in [0.25, 0.3) is 0 Å². The highest BCUT2D eigenvalue weighted by molar-refractivity contribution is 6.30. The molecule has 8 nitrogen and oxygen atoms in total. The van der Waals surface area contributed by atoms with Crippen LogP contribution < -0.4 is 9.64 Å². The SMILES string of the molecule is Cc1cc(C)nc(OC2CCCN(C(=O)CN3CCN(c4ccc(Cl)cc4)C3=O)C2)n1. The monoisotopic (exact) mass is 443 g/mol. The van der Waals surface area contributed by atoms with Crippen LogP contribution in [-0.4, -0.2) is 70.5 Å². The molecule has 2 aromatic rings. The summed E-state index contributed by atoms with van der Waals surface area (Å²) >= 11 is 5.93. The van der Waals surface area contributed by atoms with E-state index in [1.165, 1.54) is 0 Å². The number of halogens is 1. The lowest BCUT2D eigenvalue weighted by Gasteiger charge is -2.33. The Kier molecular flexibility index (Phi) is 6.27. The number of piperidine rings is 1. The second-order valence-electron chi connectivity index (χ2n) is 7.99. The van der Waals surface area contributed by atoms with Crippen molar-refractivity contribution >= 4 is 29.2 Å². The van der Waals surface area contributed by atoms with E-state index in [0.717, 1.165) is 29.9 Å². The van der Waals surface area contributed by atoms with Gasteiger partial charge in [0.15, 0.2) is 0 Å². The number of rotatable bonds is 5. The minimum atomic E-state index is -0.163. The van der Waals surface area contributed by atoms with Gasteiger partial charge in [0.2, 0.25) is 5.91 Å². The lowest BCUT2D eigenvalue weighted by Crippen LogP contribution is -2.48. The quantitative estimate of drug-likeness (QED) is 0.709. The predicted octanol–water partition coefficient (Wildman–Crippen LogP) is 3.06. The molecule has 164 valence electrons. The molecule has 0 bridgehead atoms. The Bertz CT molecular complexity index is 948. The maximum Gasteiger partial charge on any atom is 0.325 e. The molecular weight excluding hydrogens is 418 g/mol. The molecular formula is C22H26ClN5O3. The van der Waals surface area contributed by atoms with Gasteiger partial charge in [0.1, 0.15) is 12.6 Å². The number of benzene rings is 1. The van der Waals surface area contributed by atoms with Gasteiger partial charge in [0.05, 0.1) is 6.54 Å². The molecule has 0 aliphatic carbocycles. The number of likely N-dealkylation sites (tertiary alicyclic amines) is 1. The van der Waals surface area contributed by atoms with E-state index in [1.807, 2.05) is 32.0 Å². The summed E-state index contributed by atoms with van der Waals surface area (Å²) < 4.78 is 5.96. The first-order valence-electron chi connectivity index (χ1n) is 10.5. The largest absolute Gasteiger partial charge is 0.458 e. The minimum Gasteiger partial charge on any atom is -0.458 e. The molecule has 1 unspecified atom stereocenters.